The molecule has 0 unspecified atom stereocenters. The molecule has 1 N–H and O–H groups in total. The summed E-state index contributed by atoms with van der Waals surface area (Å²) in [5.74, 6) is -1.72. The van der Waals surface area contributed by atoms with Crippen LogP contribution in [-0.4, -0.2) is 48.3 Å². The van der Waals surface area contributed by atoms with Gasteiger partial charge in [-0.25, -0.2) is 0 Å². The largest absolute Gasteiger partial charge is 0.456 e. The number of amides is 3. The molecular weight excluding hydrogens is 360 g/mol. The van der Waals surface area contributed by atoms with Crippen molar-refractivity contribution in [3.8, 4) is 0 Å². The van der Waals surface area contributed by atoms with E-state index < -0.39 is 11.9 Å². The lowest BCUT2D eigenvalue weighted by Gasteiger charge is -2.27. The van der Waals surface area contributed by atoms with Crippen molar-refractivity contribution in [3.63, 3.8) is 0 Å². The molecule has 1 aliphatic rings. The molecule has 0 fully saturated rings. The van der Waals surface area contributed by atoms with Gasteiger partial charge in [0.25, 0.3) is 17.7 Å². The van der Waals surface area contributed by atoms with Gasteiger partial charge < -0.3 is 10.1 Å². The third kappa shape index (κ3) is 3.93. The molecule has 2 aromatic carbocycles. The molecule has 0 atom stereocenters. The predicted octanol–water partition coefficient (Wildman–Crippen LogP) is 2.06. The highest BCUT2D eigenvalue weighted by molar-refractivity contribution is 6.25. The number of ether oxygens (including phenoxy) is 1. The number of hydrogen-bond donors (Lipinski definition) is 1. The molecule has 0 aromatic heterocycles. The van der Waals surface area contributed by atoms with Crippen LogP contribution in [0.5, 0.6) is 0 Å². The Bertz CT molecular complexity index is 916. The number of carbonyl (C=O) groups is 4. The molecule has 144 valence electrons. The minimum Gasteiger partial charge on any atom is -0.456 e. The zero-order valence-corrected chi connectivity index (χ0v) is 15.3. The standard InChI is InChI=1S/C21H20N2O5/c1-2-11-22-17(24)13-28-18(25)10-5-12-23-20(26)15-8-3-6-14-7-4-9-16(19(14)15)21(23)27/h2-4,6-9H,1,5,10-13H2,(H,22,24). The number of carbonyl (C=O) groups excluding carboxylic acids is 4. The van der Waals surface area contributed by atoms with Crippen molar-refractivity contribution in [2.75, 3.05) is 19.7 Å². The topological polar surface area (TPSA) is 92.8 Å². The van der Waals surface area contributed by atoms with Gasteiger partial charge in [-0.3, -0.25) is 24.1 Å². The van der Waals surface area contributed by atoms with Gasteiger partial charge in [-0.05, 0) is 23.9 Å². The Morgan fingerprint density at radius 1 is 1.07 bits per heavy atom. The predicted molar refractivity (Wildman–Crippen MR) is 103 cm³/mol. The normalized spacial score (nSPS) is 12.8. The highest BCUT2D eigenvalue weighted by atomic mass is 16.5. The summed E-state index contributed by atoms with van der Waals surface area (Å²) in [7, 11) is 0. The number of nitrogens with one attached hydrogen (secondary N) is 1. The number of benzene rings is 2. The van der Waals surface area contributed by atoms with Crippen LogP contribution in [0.3, 0.4) is 0 Å². The number of imide groups is 1. The molecule has 0 spiro atoms. The quantitative estimate of drug-likeness (QED) is 0.430. The highest BCUT2D eigenvalue weighted by Crippen LogP contribution is 2.29. The monoisotopic (exact) mass is 380 g/mol. The van der Waals surface area contributed by atoms with Crippen LogP contribution in [0.1, 0.15) is 33.6 Å². The first-order chi connectivity index (χ1) is 13.5. The lowest BCUT2D eigenvalue weighted by Crippen LogP contribution is -2.41. The summed E-state index contributed by atoms with van der Waals surface area (Å²) in [5.41, 5.74) is 0.961. The maximum absolute atomic E-state index is 12.7. The fourth-order valence-electron chi connectivity index (χ4n) is 3.12. The number of hydrogen-bond acceptors (Lipinski definition) is 5. The van der Waals surface area contributed by atoms with Crippen molar-refractivity contribution in [3.05, 3.63) is 60.2 Å². The molecule has 1 aliphatic heterocycles. The molecule has 1 heterocycles. The second-order valence-electron chi connectivity index (χ2n) is 6.33. The average molecular weight is 380 g/mol. The molecule has 3 rings (SSSR count). The summed E-state index contributed by atoms with van der Waals surface area (Å²) in [6, 6.07) is 10.7. The van der Waals surface area contributed by atoms with E-state index in [4.69, 9.17) is 4.74 Å². The van der Waals surface area contributed by atoms with E-state index in [0.717, 1.165) is 10.3 Å². The first kappa shape index (κ1) is 19.3. The van der Waals surface area contributed by atoms with Gasteiger partial charge in [0.1, 0.15) is 0 Å². The van der Waals surface area contributed by atoms with Crippen LogP contribution in [0, 0.1) is 0 Å². The van der Waals surface area contributed by atoms with Crippen LogP contribution in [0.25, 0.3) is 10.8 Å². The van der Waals surface area contributed by atoms with Crippen LogP contribution in [0.4, 0.5) is 0 Å². The fraction of sp³-hybridized carbons (Fsp3) is 0.238. The van der Waals surface area contributed by atoms with Crippen molar-refractivity contribution in [2.45, 2.75) is 12.8 Å². The van der Waals surface area contributed by atoms with Gasteiger partial charge in [-0.1, -0.05) is 30.3 Å². The van der Waals surface area contributed by atoms with E-state index in [0.29, 0.717) is 23.1 Å². The second kappa shape index (κ2) is 8.47. The summed E-state index contributed by atoms with van der Waals surface area (Å²) in [5, 5.41) is 4.00. The lowest BCUT2D eigenvalue weighted by atomic mass is 9.94. The maximum Gasteiger partial charge on any atom is 0.306 e. The summed E-state index contributed by atoms with van der Waals surface area (Å²) < 4.78 is 4.87. The number of rotatable bonds is 8. The molecule has 7 nitrogen and oxygen atoms in total. The van der Waals surface area contributed by atoms with Crippen molar-refractivity contribution >= 4 is 34.5 Å². The summed E-state index contributed by atoms with van der Waals surface area (Å²) >= 11 is 0. The molecule has 0 aliphatic carbocycles. The minimum atomic E-state index is -0.562. The molecule has 7 heteroatoms. The van der Waals surface area contributed by atoms with E-state index in [2.05, 4.69) is 11.9 Å². The van der Waals surface area contributed by atoms with E-state index in [1.807, 2.05) is 12.1 Å². The molecule has 28 heavy (non-hydrogen) atoms. The van der Waals surface area contributed by atoms with Gasteiger partial charge in [0.15, 0.2) is 6.61 Å². The van der Waals surface area contributed by atoms with Gasteiger partial charge in [-0.15, -0.1) is 6.58 Å². The first-order valence-electron chi connectivity index (χ1n) is 8.94. The van der Waals surface area contributed by atoms with Gasteiger partial charge in [0.05, 0.1) is 0 Å². The molecule has 0 saturated heterocycles. The van der Waals surface area contributed by atoms with Crippen LogP contribution in [0.15, 0.2) is 49.1 Å². The van der Waals surface area contributed by atoms with Crippen molar-refractivity contribution in [1.82, 2.24) is 10.2 Å². The Morgan fingerprint density at radius 2 is 1.71 bits per heavy atom. The Labute approximate surface area is 162 Å². The summed E-state index contributed by atoms with van der Waals surface area (Å²) in [4.78, 5) is 49.8. The van der Waals surface area contributed by atoms with Gasteiger partial charge in [0.2, 0.25) is 0 Å². The average Bonchev–Trinajstić information content (AvgIpc) is 2.71. The summed E-state index contributed by atoms with van der Waals surface area (Å²) in [6.07, 6.45) is 1.77. The van der Waals surface area contributed by atoms with Crippen LogP contribution < -0.4 is 5.32 Å². The maximum atomic E-state index is 12.7. The van der Waals surface area contributed by atoms with Crippen LogP contribution >= 0.6 is 0 Å². The summed E-state index contributed by atoms with van der Waals surface area (Å²) in [6.45, 7) is 3.49. The zero-order chi connectivity index (χ0) is 20.1. The highest BCUT2D eigenvalue weighted by Gasteiger charge is 2.32. The van der Waals surface area contributed by atoms with E-state index in [1.165, 1.54) is 6.08 Å². The van der Waals surface area contributed by atoms with E-state index in [1.54, 1.807) is 24.3 Å². The lowest BCUT2D eigenvalue weighted by molar-refractivity contribution is -0.148. The molecule has 3 amide bonds. The SMILES string of the molecule is C=CCNC(=O)COC(=O)CCCN1C(=O)c2cccc3cccc(c23)C1=O. The third-order valence-electron chi connectivity index (χ3n) is 4.43. The van der Waals surface area contributed by atoms with E-state index in [-0.39, 0.29) is 37.8 Å². The molecular formula is C21H20N2O5. The smallest absolute Gasteiger partial charge is 0.306 e. The van der Waals surface area contributed by atoms with Gasteiger partial charge in [-0.2, -0.15) is 0 Å². The van der Waals surface area contributed by atoms with Crippen LogP contribution in [-0.2, 0) is 14.3 Å². The Balaban J connectivity index is 1.58. The number of esters is 1. The molecule has 0 radical (unpaired) electrons. The zero-order valence-electron chi connectivity index (χ0n) is 15.3. The van der Waals surface area contributed by atoms with E-state index >= 15 is 0 Å². The Hall–Kier alpha value is -3.48. The second-order valence-corrected chi connectivity index (χ2v) is 6.33. The van der Waals surface area contributed by atoms with Crippen LogP contribution in [0.2, 0.25) is 0 Å². The molecule has 0 bridgehead atoms. The minimum absolute atomic E-state index is 0.00234. The Kier molecular flexibility index (Phi) is 5.84. The number of nitrogens with zero attached hydrogens (tertiary/aromatic N) is 1. The first-order valence-corrected chi connectivity index (χ1v) is 8.94. The fourth-order valence-corrected chi connectivity index (χ4v) is 3.12. The van der Waals surface area contributed by atoms with Crippen molar-refractivity contribution in [2.24, 2.45) is 0 Å². The van der Waals surface area contributed by atoms with Crippen molar-refractivity contribution < 1.29 is 23.9 Å². The van der Waals surface area contributed by atoms with E-state index in [9.17, 15) is 19.2 Å². The Morgan fingerprint density at radius 3 is 2.32 bits per heavy atom. The van der Waals surface area contributed by atoms with Gasteiger partial charge >= 0.3 is 5.97 Å². The van der Waals surface area contributed by atoms with Gasteiger partial charge in [0, 0.05) is 36.0 Å². The molecule has 0 saturated carbocycles. The van der Waals surface area contributed by atoms with Crippen molar-refractivity contribution in [1.29, 1.82) is 0 Å². The third-order valence-corrected chi connectivity index (χ3v) is 4.43. The molecule has 2 aromatic rings.